The number of fused-ring (bicyclic) bond motifs is 1. The summed E-state index contributed by atoms with van der Waals surface area (Å²) in [7, 11) is 0. The summed E-state index contributed by atoms with van der Waals surface area (Å²) in [6.07, 6.45) is 5.58. The van der Waals surface area contributed by atoms with Crippen LogP contribution in [0.1, 0.15) is 24.0 Å². The molecule has 1 saturated heterocycles. The number of rotatable bonds is 4. The minimum Gasteiger partial charge on any atom is -0.346 e. The smallest absolute Gasteiger partial charge is 0.137 e. The summed E-state index contributed by atoms with van der Waals surface area (Å²) >= 11 is 6.47. The maximum atomic E-state index is 6.47. The molecule has 1 aliphatic rings. The first-order valence-corrected chi connectivity index (χ1v) is 9.30. The summed E-state index contributed by atoms with van der Waals surface area (Å²) in [4.78, 5) is 9.95. The highest BCUT2D eigenvalue weighted by Gasteiger charge is 2.27. The number of piperidine rings is 1. The van der Waals surface area contributed by atoms with Crippen LogP contribution in [0.2, 0.25) is 5.02 Å². The second kappa shape index (κ2) is 7.48. The molecule has 0 radical (unpaired) electrons. The molecule has 5 nitrogen and oxygen atoms in total. The number of H-pyrrole nitrogens is 1. The van der Waals surface area contributed by atoms with Crippen molar-refractivity contribution in [3.8, 4) is 0 Å². The van der Waals surface area contributed by atoms with Crippen molar-refractivity contribution in [1.82, 2.24) is 14.9 Å². The van der Waals surface area contributed by atoms with Crippen LogP contribution < -0.4 is 5.84 Å². The number of aromatic amines is 1. The summed E-state index contributed by atoms with van der Waals surface area (Å²) in [5.41, 5.74) is 3.97. The molecule has 134 valence electrons. The van der Waals surface area contributed by atoms with E-state index in [4.69, 9.17) is 17.4 Å². The van der Waals surface area contributed by atoms with Gasteiger partial charge in [-0.1, -0.05) is 41.9 Å². The Bertz CT molecular complexity index is 910. The van der Waals surface area contributed by atoms with Crippen molar-refractivity contribution in [1.29, 1.82) is 0 Å². The number of pyridine rings is 1. The van der Waals surface area contributed by atoms with Crippen molar-refractivity contribution in [2.24, 2.45) is 16.9 Å². The van der Waals surface area contributed by atoms with Crippen LogP contribution in [0.5, 0.6) is 0 Å². The number of benzene rings is 1. The van der Waals surface area contributed by atoms with Gasteiger partial charge in [0.05, 0.1) is 10.7 Å². The maximum Gasteiger partial charge on any atom is 0.137 e. The van der Waals surface area contributed by atoms with Gasteiger partial charge in [0.2, 0.25) is 0 Å². The van der Waals surface area contributed by atoms with Crippen LogP contribution in [0.3, 0.4) is 0 Å². The van der Waals surface area contributed by atoms with Crippen LogP contribution in [-0.2, 0) is 6.54 Å². The van der Waals surface area contributed by atoms with Crippen molar-refractivity contribution in [3.63, 3.8) is 0 Å². The third-order valence-electron chi connectivity index (χ3n) is 5.16. The van der Waals surface area contributed by atoms with Gasteiger partial charge in [0, 0.05) is 35.8 Å². The molecule has 3 N–H and O–H groups in total. The molecule has 3 aromatic rings. The Morgan fingerprint density at radius 2 is 2.00 bits per heavy atom. The van der Waals surface area contributed by atoms with Gasteiger partial charge in [-0.25, -0.2) is 4.98 Å². The molecule has 1 aliphatic heterocycles. The molecule has 0 atom stereocenters. The SMILES string of the molecule is N/N=C(/c1c(Cl)cnc2[nH]ccc12)C1CCN(Cc2ccccc2)CC1. The lowest BCUT2D eigenvalue weighted by atomic mass is 9.87. The van der Waals surface area contributed by atoms with E-state index in [9.17, 15) is 0 Å². The number of hydrogen-bond acceptors (Lipinski definition) is 4. The largest absolute Gasteiger partial charge is 0.346 e. The highest BCUT2D eigenvalue weighted by atomic mass is 35.5. The molecular formula is C20H22ClN5. The van der Waals surface area contributed by atoms with Gasteiger partial charge < -0.3 is 10.8 Å². The topological polar surface area (TPSA) is 70.3 Å². The summed E-state index contributed by atoms with van der Waals surface area (Å²) < 4.78 is 0. The molecular weight excluding hydrogens is 346 g/mol. The first-order valence-electron chi connectivity index (χ1n) is 8.92. The number of halogens is 1. The Balaban J connectivity index is 1.51. The fraction of sp³-hybridized carbons (Fsp3) is 0.300. The number of nitrogens with one attached hydrogen (secondary N) is 1. The fourth-order valence-electron chi connectivity index (χ4n) is 3.82. The molecule has 6 heteroatoms. The minimum absolute atomic E-state index is 0.310. The van der Waals surface area contributed by atoms with Crippen molar-refractivity contribution in [2.75, 3.05) is 13.1 Å². The fourth-order valence-corrected chi connectivity index (χ4v) is 4.07. The van der Waals surface area contributed by atoms with Gasteiger partial charge in [-0.2, -0.15) is 5.10 Å². The highest BCUT2D eigenvalue weighted by molar-refractivity contribution is 6.36. The number of aromatic nitrogens is 2. The van der Waals surface area contributed by atoms with Gasteiger partial charge >= 0.3 is 0 Å². The third kappa shape index (κ3) is 3.32. The summed E-state index contributed by atoms with van der Waals surface area (Å²) in [6, 6.07) is 12.6. The molecule has 1 aromatic carbocycles. The number of hydrogen-bond donors (Lipinski definition) is 2. The minimum atomic E-state index is 0.310. The zero-order valence-electron chi connectivity index (χ0n) is 14.5. The van der Waals surface area contributed by atoms with Crippen LogP contribution in [0.25, 0.3) is 11.0 Å². The number of hydrazone groups is 1. The summed E-state index contributed by atoms with van der Waals surface area (Å²) in [5, 5.41) is 5.74. The molecule has 1 fully saturated rings. The molecule has 0 bridgehead atoms. The predicted molar refractivity (Wildman–Crippen MR) is 106 cm³/mol. The Morgan fingerprint density at radius 1 is 1.23 bits per heavy atom. The van der Waals surface area contributed by atoms with Gasteiger partial charge in [-0.15, -0.1) is 0 Å². The van der Waals surface area contributed by atoms with Crippen LogP contribution in [0, 0.1) is 5.92 Å². The molecule has 2 aromatic heterocycles. The lowest BCUT2D eigenvalue weighted by Gasteiger charge is -2.32. The standard InChI is InChI=1S/C20H22ClN5/c21-17-12-24-20-16(6-9-23-20)18(17)19(25-22)15-7-10-26(11-8-15)13-14-4-2-1-3-5-14/h1-6,9,12,15H,7-8,10-11,13,22H2,(H,23,24)/b25-19+. The van der Waals surface area contributed by atoms with E-state index in [1.54, 1.807) is 6.20 Å². The van der Waals surface area contributed by atoms with Crippen LogP contribution in [-0.4, -0.2) is 33.7 Å². The van der Waals surface area contributed by atoms with Gasteiger partial charge in [0.15, 0.2) is 0 Å². The molecule has 0 amide bonds. The lowest BCUT2D eigenvalue weighted by molar-refractivity contribution is 0.202. The highest BCUT2D eigenvalue weighted by Crippen LogP contribution is 2.30. The molecule has 4 rings (SSSR count). The summed E-state index contributed by atoms with van der Waals surface area (Å²) in [6.45, 7) is 3.04. The monoisotopic (exact) mass is 367 g/mol. The van der Waals surface area contributed by atoms with Gasteiger partial charge in [0.1, 0.15) is 5.65 Å². The predicted octanol–water partition coefficient (Wildman–Crippen LogP) is 3.79. The number of likely N-dealkylation sites (tertiary alicyclic amines) is 1. The van der Waals surface area contributed by atoms with E-state index in [-0.39, 0.29) is 0 Å². The second-order valence-corrected chi connectivity index (χ2v) is 7.18. The Kier molecular flexibility index (Phi) is 4.91. The van der Waals surface area contributed by atoms with E-state index >= 15 is 0 Å². The number of nitrogens with two attached hydrogens (primary N) is 1. The van der Waals surface area contributed by atoms with E-state index in [2.05, 4.69) is 50.3 Å². The van der Waals surface area contributed by atoms with E-state index in [1.165, 1.54) is 5.56 Å². The second-order valence-electron chi connectivity index (χ2n) is 6.77. The third-order valence-corrected chi connectivity index (χ3v) is 5.45. The van der Waals surface area contributed by atoms with Gasteiger partial charge in [-0.3, -0.25) is 4.90 Å². The summed E-state index contributed by atoms with van der Waals surface area (Å²) in [5.74, 6) is 6.12. The van der Waals surface area contributed by atoms with Crippen LogP contribution >= 0.6 is 11.6 Å². The van der Waals surface area contributed by atoms with E-state index in [0.29, 0.717) is 10.9 Å². The average Bonchev–Trinajstić information content (AvgIpc) is 3.15. The van der Waals surface area contributed by atoms with Crippen LogP contribution in [0.4, 0.5) is 0 Å². The first kappa shape index (κ1) is 17.1. The van der Waals surface area contributed by atoms with Crippen molar-refractivity contribution in [3.05, 3.63) is 64.9 Å². The average molecular weight is 368 g/mol. The maximum absolute atomic E-state index is 6.47. The quantitative estimate of drug-likeness (QED) is 0.418. The molecule has 0 aliphatic carbocycles. The lowest BCUT2D eigenvalue weighted by Crippen LogP contribution is -2.36. The Hall–Kier alpha value is -2.37. The molecule has 3 heterocycles. The Labute approximate surface area is 157 Å². The molecule has 0 unspecified atom stereocenters. The van der Waals surface area contributed by atoms with Crippen molar-refractivity contribution in [2.45, 2.75) is 19.4 Å². The first-order chi connectivity index (χ1) is 12.8. The molecule has 0 saturated carbocycles. The molecule has 26 heavy (non-hydrogen) atoms. The van der Waals surface area contributed by atoms with Gasteiger partial charge in [-0.05, 0) is 37.6 Å². The van der Waals surface area contributed by atoms with Crippen molar-refractivity contribution >= 4 is 28.3 Å². The van der Waals surface area contributed by atoms with Crippen LogP contribution in [0.15, 0.2) is 53.9 Å². The van der Waals surface area contributed by atoms with Crippen molar-refractivity contribution < 1.29 is 0 Å². The van der Waals surface area contributed by atoms with E-state index < -0.39 is 0 Å². The van der Waals surface area contributed by atoms with E-state index in [0.717, 1.165) is 54.8 Å². The number of nitrogens with zero attached hydrogens (tertiary/aromatic N) is 3. The zero-order valence-corrected chi connectivity index (χ0v) is 15.3. The Morgan fingerprint density at radius 3 is 2.73 bits per heavy atom. The zero-order chi connectivity index (χ0) is 17.9. The van der Waals surface area contributed by atoms with E-state index in [1.807, 2.05) is 12.3 Å². The molecule has 0 spiro atoms. The normalized spacial score (nSPS) is 17.0. The van der Waals surface area contributed by atoms with Gasteiger partial charge in [0.25, 0.3) is 0 Å².